The molecule has 0 saturated carbocycles. The molecular formula is C20H29N3O4. The summed E-state index contributed by atoms with van der Waals surface area (Å²) in [6.45, 7) is 4.67. The standard InChI is InChI=1S/C20H29N3O4/c1-14-21-18-16(19(25)22-14)5-6-20(18)7-9-23(10-8-20)17(24)13-26-12-15-4-2-3-11-27-15/h15H,2-13H2,1H3,(H,21,22,25). The summed E-state index contributed by atoms with van der Waals surface area (Å²) in [7, 11) is 0. The Bertz CT molecular complexity index is 746. The Morgan fingerprint density at radius 2 is 2.15 bits per heavy atom. The molecule has 1 amide bonds. The van der Waals surface area contributed by atoms with Gasteiger partial charge in [0.25, 0.3) is 5.56 Å². The van der Waals surface area contributed by atoms with Gasteiger partial charge < -0.3 is 19.4 Å². The Morgan fingerprint density at radius 1 is 1.33 bits per heavy atom. The number of ether oxygens (including phenoxy) is 2. The highest BCUT2D eigenvalue weighted by atomic mass is 16.5. The smallest absolute Gasteiger partial charge is 0.254 e. The van der Waals surface area contributed by atoms with Crippen molar-refractivity contribution in [2.75, 3.05) is 32.9 Å². The third-order valence-corrected chi connectivity index (χ3v) is 6.37. The lowest BCUT2D eigenvalue weighted by Gasteiger charge is -2.39. The molecule has 7 nitrogen and oxygen atoms in total. The maximum Gasteiger partial charge on any atom is 0.254 e. The van der Waals surface area contributed by atoms with Gasteiger partial charge in [0.15, 0.2) is 0 Å². The molecule has 0 bridgehead atoms. The summed E-state index contributed by atoms with van der Waals surface area (Å²) >= 11 is 0. The Morgan fingerprint density at radius 3 is 2.89 bits per heavy atom. The molecule has 2 aliphatic heterocycles. The largest absolute Gasteiger partial charge is 0.376 e. The number of nitrogens with one attached hydrogen (secondary N) is 1. The molecular weight excluding hydrogens is 346 g/mol. The van der Waals surface area contributed by atoms with E-state index in [9.17, 15) is 9.59 Å². The van der Waals surface area contributed by atoms with Crippen molar-refractivity contribution in [1.29, 1.82) is 0 Å². The molecule has 3 heterocycles. The molecule has 148 valence electrons. The van der Waals surface area contributed by atoms with E-state index in [0.717, 1.165) is 56.4 Å². The van der Waals surface area contributed by atoms with Crippen molar-refractivity contribution in [2.24, 2.45) is 0 Å². The predicted molar refractivity (Wildman–Crippen MR) is 99.8 cm³/mol. The van der Waals surface area contributed by atoms with Crippen molar-refractivity contribution in [1.82, 2.24) is 14.9 Å². The first-order valence-electron chi connectivity index (χ1n) is 10.1. The predicted octanol–water partition coefficient (Wildman–Crippen LogP) is 1.47. The van der Waals surface area contributed by atoms with Crippen LogP contribution in [0.1, 0.15) is 55.6 Å². The first kappa shape index (κ1) is 18.6. The van der Waals surface area contributed by atoms with E-state index >= 15 is 0 Å². The summed E-state index contributed by atoms with van der Waals surface area (Å²) in [4.78, 5) is 34.0. The van der Waals surface area contributed by atoms with Gasteiger partial charge in [-0.2, -0.15) is 0 Å². The molecule has 0 radical (unpaired) electrons. The molecule has 1 N–H and O–H groups in total. The Labute approximate surface area is 159 Å². The quantitative estimate of drug-likeness (QED) is 0.861. The maximum absolute atomic E-state index is 12.5. The average molecular weight is 375 g/mol. The fourth-order valence-corrected chi connectivity index (χ4v) is 4.74. The van der Waals surface area contributed by atoms with Crippen LogP contribution in [0.15, 0.2) is 4.79 Å². The van der Waals surface area contributed by atoms with Crippen molar-refractivity contribution < 1.29 is 14.3 Å². The van der Waals surface area contributed by atoms with Gasteiger partial charge in [0.1, 0.15) is 12.4 Å². The number of piperidine rings is 1. The SMILES string of the molecule is Cc1nc2c(c(=O)[nH]1)CCC21CCN(C(=O)COCC2CCCCO2)CC1. The van der Waals surface area contributed by atoms with Crippen LogP contribution in [0.4, 0.5) is 0 Å². The van der Waals surface area contributed by atoms with Gasteiger partial charge in [-0.3, -0.25) is 9.59 Å². The number of hydrogen-bond donors (Lipinski definition) is 1. The van der Waals surface area contributed by atoms with Crippen LogP contribution in [0.2, 0.25) is 0 Å². The minimum Gasteiger partial charge on any atom is -0.376 e. The van der Waals surface area contributed by atoms with Crippen LogP contribution in [0.3, 0.4) is 0 Å². The van der Waals surface area contributed by atoms with Crippen LogP contribution in [-0.4, -0.2) is 59.8 Å². The molecule has 3 aliphatic rings. The first-order chi connectivity index (χ1) is 13.1. The second-order valence-corrected chi connectivity index (χ2v) is 8.14. The van der Waals surface area contributed by atoms with E-state index in [0.29, 0.717) is 25.5 Å². The van der Waals surface area contributed by atoms with E-state index in [-0.39, 0.29) is 29.6 Å². The minimum atomic E-state index is -0.0398. The second kappa shape index (κ2) is 7.72. The summed E-state index contributed by atoms with van der Waals surface area (Å²) in [5.74, 6) is 0.728. The molecule has 1 aromatic heterocycles. The number of amides is 1. The lowest BCUT2D eigenvalue weighted by molar-refractivity contribution is -0.139. The number of carbonyl (C=O) groups excluding carboxylic acids is 1. The van der Waals surface area contributed by atoms with Gasteiger partial charge in [-0.05, 0) is 51.9 Å². The maximum atomic E-state index is 12.5. The van der Waals surface area contributed by atoms with Crippen molar-refractivity contribution in [3.05, 3.63) is 27.4 Å². The Hall–Kier alpha value is -1.73. The normalized spacial score (nSPS) is 24.2. The van der Waals surface area contributed by atoms with Crippen molar-refractivity contribution >= 4 is 5.91 Å². The van der Waals surface area contributed by atoms with Crippen molar-refractivity contribution in [3.63, 3.8) is 0 Å². The average Bonchev–Trinajstić information content (AvgIpc) is 3.01. The number of H-pyrrole nitrogens is 1. The van der Waals surface area contributed by atoms with E-state index in [2.05, 4.69) is 9.97 Å². The molecule has 2 fully saturated rings. The summed E-state index contributed by atoms with van der Waals surface area (Å²) in [6.07, 6.45) is 6.93. The molecule has 1 atom stereocenters. The topological polar surface area (TPSA) is 84.5 Å². The second-order valence-electron chi connectivity index (χ2n) is 8.14. The zero-order chi connectivity index (χ0) is 18.9. The van der Waals surface area contributed by atoms with Gasteiger partial charge in [0.05, 0.1) is 18.4 Å². The fraction of sp³-hybridized carbons (Fsp3) is 0.750. The number of hydrogen-bond acceptors (Lipinski definition) is 5. The number of aromatic amines is 1. The molecule has 1 spiro atoms. The van der Waals surface area contributed by atoms with Crippen LogP contribution in [-0.2, 0) is 26.1 Å². The summed E-state index contributed by atoms with van der Waals surface area (Å²) in [6, 6.07) is 0. The van der Waals surface area contributed by atoms with E-state index in [1.54, 1.807) is 0 Å². The van der Waals surface area contributed by atoms with Gasteiger partial charge in [-0.15, -0.1) is 0 Å². The van der Waals surface area contributed by atoms with E-state index < -0.39 is 0 Å². The van der Waals surface area contributed by atoms with E-state index in [4.69, 9.17) is 9.47 Å². The number of aryl methyl sites for hydroxylation is 1. The van der Waals surface area contributed by atoms with Crippen LogP contribution < -0.4 is 5.56 Å². The molecule has 7 heteroatoms. The van der Waals surface area contributed by atoms with Gasteiger partial charge >= 0.3 is 0 Å². The van der Waals surface area contributed by atoms with Gasteiger partial charge in [0, 0.05) is 30.7 Å². The van der Waals surface area contributed by atoms with Crippen LogP contribution in [0.5, 0.6) is 0 Å². The highest BCUT2D eigenvalue weighted by Crippen LogP contribution is 2.44. The first-order valence-corrected chi connectivity index (χ1v) is 10.1. The fourth-order valence-electron chi connectivity index (χ4n) is 4.74. The molecule has 27 heavy (non-hydrogen) atoms. The lowest BCUT2D eigenvalue weighted by atomic mass is 9.76. The third-order valence-electron chi connectivity index (χ3n) is 6.37. The van der Waals surface area contributed by atoms with Gasteiger partial charge in [-0.1, -0.05) is 0 Å². The Kier molecular flexibility index (Phi) is 5.32. The highest BCUT2D eigenvalue weighted by Gasteiger charge is 2.44. The molecule has 4 rings (SSSR count). The molecule has 1 aromatic rings. The zero-order valence-electron chi connectivity index (χ0n) is 16.1. The van der Waals surface area contributed by atoms with Gasteiger partial charge in [-0.25, -0.2) is 4.98 Å². The molecule has 1 unspecified atom stereocenters. The molecule has 0 aromatic carbocycles. The van der Waals surface area contributed by atoms with Crippen LogP contribution >= 0.6 is 0 Å². The number of fused-ring (bicyclic) bond motifs is 2. The van der Waals surface area contributed by atoms with Gasteiger partial charge in [0.2, 0.25) is 5.91 Å². The number of rotatable bonds is 4. The third kappa shape index (κ3) is 3.80. The summed E-state index contributed by atoms with van der Waals surface area (Å²) < 4.78 is 11.3. The van der Waals surface area contributed by atoms with Crippen LogP contribution in [0.25, 0.3) is 0 Å². The summed E-state index contributed by atoms with van der Waals surface area (Å²) in [5, 5.41) is 0. The van der Waals surface area contributed by atoms with E-state index in [1.165, 1.54) is 6.42 Å². The minimum absolute atomic E-state index is 0.00575. The van der Waals surface area contributed by atoms with Crippen molar-refractivity contribution in [2.45, 2.75) is 63.4 Å². The molecule has 1 aliphatic carbocycles. The van der Waals surface area contributed by atoms with E-state index in [1.807, 2.05) is 11.8 Å². The molecule has 2 saturated heterocycles. The van der Waals surface area contributed by atoms with Crippen molar-refractivity contribution in [3.8, 4) is 0 Å². The number of carbonyl (C=O) groups is 1. The number of aromatic nitrogens is 2. The van der Waals surface area contributed by atoms with Crippen LogP contribution in [0, 0.1) is 6.92 Å². The highest BCUT2D eigenvalue weighted by molar-refractivity contribution is 5.77. The Balaban J connectivity index is 1.31. The monoisotopic (exact) mass is 375 g/mol. The number of likely N-dealkylation sites (tertiary alicyclic amines) is 1. The zero-order valence-corrected chi connectivity index (χ0v) is 16.1. The lowest BCUT2D eigenvalue weighted by Crippen LogP contribution is -2.46. The number of nitrogens with zero attached hydrogens (tertiary/aromatic N) is 2. The summed E-state index contributed by atoms with van der Waals surface area (Å²) in [5.41, 5.74) is 1.78.